The van der Waals surface area contributed by atoms with Gasteiger partial charge in [0.2, 0.25) is 5.91 Å². The SMILES string of the molecule is CCCCCCCCCCCCCCCCCC(=O)NCCCC(O)CN(C)C.O=P(O)(O)O. The molecule has 0 aromatic rings. The van der Waals surface area contributed by atoms with Gasteiger partial charge in [-0.25, -0.2) is 4.57 Å². The predicted octanol–water partition coefficient (Wildman–Crippen LogP) is 5.14. The van der Waals surface area contributed by atoms with E-state index < -0.39 is 7.82 Å². The van der Waals surface area contributed by atoms with Crippen LogP contribution in [0.1, 0.15) is 122 Å². The Morgan fingerprint density at radius 1 is 0.765 bits per heavy atom. The summed E-state index contributed by atoms with van der Waals surface area (Å²) in [6.07, 6.45) is 22.2. The fourth-order valence-electron chi connectivity index (χ4n) is 3.82. The number of nitrogens with zero attached hydrogens (tertiary/aromatic N) is 1. The minimum absolute atomic E-state index is 0.168. The van der Waals surface area contributed by atoms with Crippen LogP contribution in [-0.4, -0.2) is 63.9 Å². The van der Waals surface area contributed by atoms with E-state index in [9.17, 15) is 9.90 Å². The standard InChI is InChI=1S/C25H52N2O2.H3O4P/c1-4-5-6-7-8-9-10-11-12-13-14-15-16-17-18-21-25(29)26-22-19-20-24(28)23-27(2)3;1-5(2,3)4/h24,28H,4-23H2,1-3H3,(H,26,29);(H3,1,2,3,4). The second-order valence-corrected chi connectivity index (χ2v) is 10.6. The van der Waals surface area contributed by atoms with Gasteiger partial charge in [0.25, 0.3) is 0 Å². The summed E-state index contributed by atoms with van der Waals surface area (Å²) in [5.41, 5.74) is 0. The van der Waals surface area contributed by atoms with Gasteiger partial charge >= 0.3 is 7.82 Å². The molecule has 0 aromatic carbocycles. The monoisotopic (exact) mass is 510 g/mol. The van der Waals surface area contributed by atoms with Crippen molar-refractivity contribution in [3.8, 4) is 0 Å². The van der Waals surface area contributed by atoms with Gasteiger partial charge in [-0.2, -0.15) is 0 Å². The Kier molecular flexibility index (Phi) is 26.8. The summed E-state index contributed by atoms with van der Waals surface area (Å²) in [4.78, 5) is 35.4. The molecule has 0 spiro atoms. The van der Waals surface area contributed by atoms with Gasteiger partial charge in [-0.05, 0) is 33.4 Å². The Morgan fingerprint density at radius 3 is 1.53 bits per heavy atom. The van der Waals surface area contributed by atoms with Gasteiger partial charge in [-0.3, -0.25) is 4.79 Å². The zero-order chi connectivity index (χ0) is 26.1. The first-order chi connectivity index (χ1) is 16.1. The van der Waals surface area contributed by atoms with Crippen LogP contribution >= 0.6 is 7.82 Å². The molecule has 0 aliphatic rings. The Balaban J connectivity index is 0. The van der Waals surface area contributed by atoms with Crippen molar-refractivity contribution in [1.82, 2.24) is 10.2 Å². The molecule has 0 heterocycles. The normalized spacial score (nSPS) is 12.4. The van der Waals surface area contributed by atoms with Crippen LogP contribution in [0.3, 0.4) is 0 Å². The lowest BCUT2D eigenvalue weighted by molar-refractivity contribution is -0.121. The highest BCUT2D eigenvalue weighted by Gasteiger charge is 2.06. The summed E-state index contributed by atoms with van der Waals surface area (Å²) in [5, 5.41) is 12.8. The molecule has 5 N–H and O–H groups in total. The maximum absolute atomic E-state index is 11.8. The lowest BCUT2D eigenvalue weighted by atomic mass is 10.0. The van der Waals surface area contributed by atoms with Gasteiger partial charge in [0, 0.05) is 19.5 Å². The topological polar surface area (TPSA) is 130 Å². The average molecular weight is 511 g/mol. The number of nitrogens with one attached hydrogen (secondary N) is 1. The van der Waals surface area contributed by atoms with Gasteiger partial charge in [-0.15, -0.1) is 0 Å². The molecule has 0 rings (SSSR count). The van der Waals surface area contributed by atoms with Crippen LogP contribution in [0.2, 0.25) is 0 Å². The second-order valence-electron chi connectivity index (χ2n) is 9.62. The summed E-state index contributed by atoms with van der Waals surface area (Å²) >= 11 is 0. The quantitative estimate of drug-likeness (QED) is 0.101. The number of aliphatic hydroxyl groups excluding tert-OH is 1. The number of unbranched alkanes of at least 4 members (excludes halogenated alkanes) is 14. The molecule has 0 bridgehead atoms. The molecule has 0 saturated carbocycles. The molecule has 0 radical (unpaired) electrons. The van der Waals surface area contributed by atoms with E-state index in [-0.39, 0.29) is 12.0 Å². The Hall–Kier alpha value is -0.500. The predicted molar refractivity (Wildman–Crippen MR) is 141 cm³/mol. The highest BCUT2D eigenvalue weighted by atomic mass is 31.2. The van der Waals surface area contributed by atoms with E-state index in [4.69, 9.17) is 19.2 Å². The zero-order valence-corrected chi connectivity index (χ0v) is 23.1. The van der Waals surface area contributed by atoms with E-state index in [0.717, 1.165) is 19.3 Å². The van der Waals surface area contributed by atoms with Crippen molar-refractivity contribution in [3.63, 3.8) is 0 Å². The molecule has 34 heavy (non-hydrogen) atoms. The number of hydrogen-bond donors (Lipinski definition) is 5. The Bertz CT molecular complexity index is 480. The first-order valence-corrected chi connectivity index (χ1v) is 15.0. The fourth-order valence-corrected chi connectivity index (χ4v) is 3.82. The molecule has 0 aliphatic carbocycles. The summed E-state index contributed by atoms with van der Waals surface area (Å²) in [7, 11) is -0.718. The number of aliphatic hydroxyl groups is 1. The summed E-state index contributed by atoms with van der Waals surface area (Å²) in [6.45, 7) is 3.65. The first-order valence-electron chi connectivity index (χ1n) is 13.4. The lowest BCUT2D eigenvalue weighted by Gasteiger charge is -2.15. The van der Waals surface area contributed by atoms with Crippen LogP contribution < -0.4 is 5.32 Å². The smallest absolute Gasteiger partial charge is 0.392 e. The van der Waals surface area contributed by atoms with E-state index in [1.165, 1.54) is 89.9 Å². The molecular formula is C25H55N2O6P. The van der Waals surface area contributed by atoms with Crippen LogP contribution in [-0.2, 0) is 9.36 Å². The molecule has 8 nitrogen and oxygen atoms in total. The number of carbonyl (C=O) groups is 1. The van der Waals surface area contributed by atoms with Crippen molar-refractivity contribution in [2.75, 3.05) is 27.2 Å². The third-order valence-electron chi connectivity index (χ3n) is 5.62. The van der Waals surface area contributed by atoms with E-state index >= 15 is 0 Å². The van der Waals surface area contributed by atoms with Crippen molar-refractivity contribution in [3.05, 3.63) is 0 Å². The fraction of sp³-hybridized carbons (Fsp3) is 0.960. The van der Waals surface area contributed by atoms with Gasteiger partial charge in [-0.1, -0.05) is 96.8 Å². The molecule has 0 saturated heterocycles. The van der Waals surface area contributed by atoms with Crippen LogP contribution in [0.15, 0.2) is 0 Å². The van der Waals surface area contributed by atoms with Gasteiger partial charge in [0.05, 0.1) is 6.10 Å². The number of carbonyl (C=O) groups excluding carboxylic acids is 1. The molecule has 0 fully saturated rings. The van der Waals surface area contributed by atoms with E-state index in [1.807, 2.05) is 19.0 Å². The molecule has 1 unspecified atom stereocenters. The number of rotatable bonds is 22. The minimum atomic E-state index is -4.64. The highest BCUT2D eigenvalue weighted by molar-refractivity contribution is 7.45. The first kappa shape index (κ1) is 35.7. The summed E-state index contributed by atoms with van der Waals surface area (Å²) < 4.78 is 8.88. The Labute approximate surface area is 209 Å². The van der Waals surface area contributed by atoms with Crippen molar-refractivity contribution in [2.45, 2.75) is 129 Å². The van der Waals surface area contributed by atoms with E-state index in [1.54, 1.807) is 0 Å². The second kappa shape index (κ2) is 25.6. The van der Waals surface area contributed by atoms with Gasteiger partial charge < -0.3 is 30.0 Å². The van der Waals surface area contributed by atoms with E-state index in [2.05, 4.69) is 12.2 Å². The van der Waals surface area contributed by atoms with Crippen LogP contribution in [0.4, 0.5) is 0 Å². The molecule has 0 aromatic heterocycles. The van der Waals surface area contributed by atoms with E-state index in [0.29, 0.717) is 19.5 Å². The Morgan fingerprint density at radius 2 is 1.15 bits per heavy atom. The van der Waals surface area contributed by atoms with Crippen LogP contribution in [0.25, 0.3) is 0 Å². The maximum Gasteiger partial charge on any atom is 0.466 e. The minimum Gasteiger partial charge on any atom is -0.392 e. The zero-order valence-electron chi connectivity index (χ0n) is 22.2. The van der Waals surface area contributed by atoms with Crippen LogP contribution in [0, 0.1) is 0 Å². The molecule has 1 atom stereocenters. The summed E-state index contributed by atoms with van der Waals surface area (Å²) in [6, 6.07) is 0. The van der Waals surface area contributed by atoms with Gasteiger partial charge in [0.1, 0.15) is 0 Å². The number of phosphoric acid groups is 1. The van der Waals surface area contributed by atoms with Crippen LogP contribution in [0.5, 0.6) is 0 Å². The maximum atomic E-state index is 11.8. The number of likely N-dealkylation sites (N-methyl/N-ethyl adjacent to an activating group) is 1. The lowest BCUT2D eigenvalue weighted by Crippen LogP contribution is -2.28. The average Bonchev–Trinajstić information content (AvgIpc) is 2.72. The molecule has 1 amide bonds. The molecule has 0 aliphatic heterocycles. The van der Waals surface area contributed by atoms with Gasteiger partial charge in [0.15, 0.2) is 0 Å². The third-order valence-corrected chi connectivity index (χ3v) is 5.62. The number of hydrogen-bond acceptors (Lipinski definition) is 4. The largest absolute Gasteiger partial charge is 0.466 e. The molecule has 206 valence electrons. The number of amides is 1. The van der Waals surface area contributed by atoms with Crippen molar-refractivity contribution in [2.24, 2.45) is 0 Å². The van der Waals surface area contributed by atoms with Crippen molar-refractivity contribution >= 4 is 13.7 Å². The molecular weight excluding hydrogens is 455 g/mol. The molecule has 9 heteroatoms. The van der Waals surface area contributed by atoms with Crippen molar-refractivity contribution in [1.29, 1.82) is 0 Å². The summed E-state index contributed by atoms with van der Waals surface area (Å²) in [5.74, 6) is 0.168. The third kappa shape index (κ3) is 38.7. The van der Waals surface area contributed by atoms with Crippen molar-refractivity contribution < 1.29 is 29.1 Å². The highest BCUT2D eigenvalue weighted by Crippen LogP contribution is 2.25.